The third-order valence-corrected chi connectivity index (χ3v) is 3.11. The van der Waals surface area contributed by atoms with E-state index in [0.29, 0.717) is 5.69 Å². The van der Waals surface area contributed by atoms with Crippen molar-refractivity contribution in [2.45, 2.75) is 20.8 Å². The van der Waals surface area contributed by atoms with Crippen molar-refractivity contribution >= 4 is 11.6 Å². The number of nitrogens with one attached hydrogen (secondary N) is 1. The number of carbonyl (C=O) groups excluding carboxylic acids is 1. The Morgan fingerprint density at radius 1 is 1.20 bits per heavy atom. The lowest BCUT2D eigenvalue weighted by atomic mass is 10.1. The van der Waals surface area contributed by atoms with Crippen LogP contribution in [-0.2, 0) is 4.79 Å². The van der Waals surface area contributed by atoms with Gasteiger partial charge >= 0.3 is 0 Å². The number of aryl methyl sites for hydroxylation is 2. The number of pyridine rings is 1. The van der Waals surface area contributed by atoms with Crippen LogP contribution in [0.15, 0.2) is 36.5 Å². The van der Waals surface area contributed by atoms with Crippen LogP contribution >= 0.6 is 0 Å². The van der Waals surface area contributed by atoms with Crippen molar-refractivity contribution in [2.75, 3.05) is 11.9 Å². The van der Waals surface area contributed by atoms with E-state index in [4.69, 9.17) is 4.74 Å². The number of amides is 1. The predicted molar refractivity (Wildman–Crippen MR) is 79.0 cm³/mol. The Kier molecular flexibility index (Phi) is 4.35. The van der Waals surface area contributed by atoms with Crippen LogP contribution in [0.2, 0.25) is 0 Å². The molecule has 104 valence electrons. The normalized spacial score (nSPS) is 10.2. The maximum absolute atomic E-state index is 11.8. The number of nitrogens with zero attached hydrogens (tertiary/aromatic N) is 1. The molecule has 1 aromatic heterocycles. The van der Waals surface area contributed by atoms with E-state index in [1.807, 2.05) is 51.1 Å². The molecule has 0 aliphatic rings. The zero-order chi connectivity index (χ0) is 14.5. The van der Waals surface area contributed by atoms with E-state index >= 15 is 0 Å². The molecule has 1 N–H and O–H groups in total. The molecule has 0 saturated carbocycles. The minimum Gasteiger partial charge on any atom is -0.483 e. The van der Waals surface area contributed by atoms with Crippen LogP contribution in [0.1, 0.15) is 16.8 Å². The third-order valence-electron chi connectivity index (χ3n) is 3.11. The molecule has 0 fully saturated rings. The van der Waals surface area contributed by atoms with Crippen molar-refractivity contribution in [3.63, 3.8) is 0 Å². The minimum atomic E-state index is -0.198. The molecule has 1 heterocycles. The van der Waals surface area contributed by atoms with E-state index in [1.54, 1.807) is 6.20 Å². The van der Waals surface area contributed by atoms with Gasteiger partial charge in [0.1, 0.15) is 5.75 Å². The van der Waals surface area contributed by atoms with Gasteiger partial charge in [-0.2, -0.15) is 0 Å². The van der Waals surface area contributed by atoms with Gasteiger partial charge < -0.3 is 10.1 Å². The van der Waals surface area contributed by atoms with Crippen molar-refractivity contribution in [1.82, 2.24) is 4.98 Å². The molecule has 0 aliphatic heterocycles. The van der Waals surface area contributed by atoms with Gasteiger partial charge in [0.25, 0.3) is 5.91 Å². The summed E-state index contributed by atoms with van der Waals surface area (Å²) in [7, 11) is 0. The number of hydrogen-bond donors (Lipinski definition) is 1. The van der Waals surface area contributed by atoms with E-state index < -0.39 is 0 Å². The molecule has 20 heavy (non-hydrogen) atoms. The molecule has 0 atom stereocenters. The van der Waals surface area contributed by atoms with Gasteiger partial charge in [0.2, 0.25) is 0 Å². The lowest BCUT2D eigenvalue weighted by Gasteiger charge is -2.11. The molecule has 0 saturated heterocycles. The number of benzene rings is 1. The molecular weight excluding hydrogens is 252 g/mol. The number of aromatic nitrogens is 1. The Hall–Kier alpha value is -2.36. The van der Waals surface area contributed by atoms with Crippen molar-refractivity contribution < 1.29 is 9.53 Å². The number of rotatable bonds is 4. The van der Waals surface area contributed by atoms with E-state index in [0.717, 1.165) is 22.6 Å². The predicted octanol–water partition coefficient (Wildman–Crippen LogP) is 3.02. The number of anilines is 1. The average molecular weight is 270 g/mol. The molecule has 0 aliphatic carbocycles. The van der Waals surface area contributed by atoms with Crippen LogP contribution in [-0.4, -0.2) is 17.5 Å². The summed E-state index contributed by atoms with van der Waals surface area (Å²) < 4.78 is 5.54. The van der Waals surface area contributed by atoms with Crippen molar-refractivity contribution in [3.05, 3.63) is 53.3 Å². The highest BCUT2D eigenvalue weighted by Gasteiger charge is 2.06. The monoisotopic (exact) mass is 270 g/mol. The molecule has 0 bridgehead atoms. The summed E-state index contributed by atoms with van der Waals surface area (Å²) in [4.78, 5) is 15.9. The molecule has 4 nitrogen and oxygen atoms in total. The Morgan fingerprint density at radius 2 is 2.00 bits per heavy atom. The van der Waals surface area contributed by atoms with E-state index in [1.165, 1.54) is 0 Å². The van der Waals surface area contributed by atoms with Gasteiger partial charge in [-0.25, -0.2) is 0 Å². The average Bonchev–Trinajstić information content (AvgIpc) is 2.43. The highest BCUT2D eigenvalue weighted by molar-refractivity contribution is 5.91. The Morgan fingerprint density at radius 3 is 2.70 bits per heavy atom. The van der Waals surface area contributed by atoms with Crippen LogP contribution in [0.5, 0.6) is 5.75 Å². The van der Waals surface area contributed by atoms with Gasteiger partial charge in [0.15, 0.2) is 6.61 Å². The standard InChI is InChI=1S/C16H18N2O2/c1-11-5-4-6-15(13(11)3)20-10-16(19)18-14-8-7-12(2)17-9-14/h4-9H,10H2,1-3H3,(H,18,19). The number of hydrogen-bond acceptors (Lipinski definition) is 3. The van der Waals surface area contributed by atoms with Crippen LogP contribution in [0.25, 0.3) is 0 Å². The lowest BCUT2D eigenvalue weighted by molar-refractivity contribution is -0.118. The van der Waals surface area contributed by atoms with Gasteiger partial charge in [0, 0.05) is 5.69 Å². The zero-order valence-corrected chi connectivity index (χ0v) is 11.9. The summed E-state index contributed by atoms with van der Waals surface area (Å²) in [5.41, 5.74) is 3.78. The minimum absolute atomic E-state index is 0.0157. The molecule has 0 unspecified atom stereocenters. The van der Waals surface area contributed by atoms with Gasteiger partial charge in [0.05, 0.1) is 11.9 Å². The van der Waals surface area contributed by atoms with Gasteiger partial charge in [-0.05, 0) is 50.1 Å². The number of carbonyl (C=O) groups is 1. The molecule has 1 amide bonds. The molecule has 1 aromatic carbocycles. The van der Waals surface area contributed by atoms with Gasteiger partial charge in [-0.15, -0.1) is 0 Å². The fraction of sp³-hybridized carbons (Fsp3) is 0.250. The van der Waals surface area contributed by atoms with Gasteiger partial charge in [-0.3, -0.25) is 9.78 Å². The van der Waals surface area contributed by atoms with E-state index in [2.05, 4.69) is 10.3 Å². The Labute approximate surface area is 118 Å². The third kappa shape index (κ3) is 3.57. The van der Waals surface area contributed by atoms with E-state index in [-0.39, 0.29) is 12.5 Å². The first-order valence-corrected chi connectivity index (χ1v) is 6.48. The summed E-state index contributed by atoms with van der Waals surface area (Å²) in [5, 5.41) is 2.75. The first-order valence-electron chi connectivity index (χ1n) is 6.48. The fourth-order valence-electron chi connectivity index (χ4n) is 1.76. The molecular formula is C16H18N2O2. The largest absolute Gasteiger partial charge is 0.483 e. The van der Waals surface area contributed by atoms with Gasteiger partial charge in [-0.1, -0.05) is 12.1 Å². The topological polar surface area (TPSA) is 51.2 Å². The van der Waals surface area contributed by atoms with Crippen molar-refractivity contribution in [2.24, 2.45) is 0 Å². The second-order valence-electron chi connectivity index (χ2n) is 4.72. The molecule has 0 radical (unpaired) electrons. The first kappa shape index (κ1) is 14.1. The maximum Gasteiger partial charge on any atom is 0.262 e. The van der Waals surface area contributed by atoms with Crippen LogP contribution in [0, 0.1) is 20.8 Å². The highest BCUT2D eigenvalue weighted by Crippen LogP contribution is 2.20. The summed E-state index contributed by atoms with van der Waals surface area (Å²) in [6.07, 6.45) is 1.63. The van der Waals surface area contributed by atoms with Crippen LogP contribution < -0.4 is 10.1 Å². The zero-order valence-electron chi connectivity index (χ0n) is 11.9. The summed E-state index contributed by atoms with van der Waals surface area (Å²) in [6.45, 7) is 5.88. The van der Waals surface area contributed by atoms with Crippen molar-refractivity contribution in [1.29, 1.82) is 0 Å². The quantitative estimate of drug-likeness (QED) is 0.929. The SMILES string of the molecule is Cc1ccc(NC(=O)COc2cccc(C)c2C)cn1. The summed E-state index contributed by atoms with van der Waals surface area (Å²) in [5.74, 6) is 0.541. The lowest BCUT2D eigenvalue weighted by Crippen LogP contribution is -2.20. The Balaban J connectivity index is 1.92. The first-order chi connectivity index (χ1) is 9.56. The van der Waals surface area contributed by atoms with E-state index in [9.17, 15) is 4.79 Å². The molecule has 2 aromatic rings. The maximum atomic E-state index is 11.8. The number of ether oxygens (including phenoxy) is 1. The van der Waals surface area contributed by atoms with Crippen molar-refractivity contribution in [3.8, 4) is 5.75 Å². The molecule has 2 rings (SSSR count). The highest BCUT2D eigenvalue weighted by atomic mass is 16.5. The molecule has 0 spiro atoms. The summed E-state index contributed by atoms with van der Waals surface area (Å²) >= 11 is 0. The fourth-order valence-corrected chi connectivity index (χ4v) is 1.76. The second kappa shape index (κ2) is 6.19. The van der Waals surface area contributed by atoms with Crippen LogP contribution in [0.3, 0.4) is 0 Å². The van der Waals surface area contributed by atoms with Crippen LogP contribution in [0.4, 0.5) is 5.69 Å². The smallest absolute Gasteiger partial charge is 0.262 e. The molecule has 4 heteroatoms. The second-order valence-corrected chi connectivity index (χ2v) is 4.72. The Bertz CT molecular complexity index is 606. The summed E-state index contributed by atoms with van der Waals surface area (Å²) in [6, 6.07) is 9.46.